The van der Waals surface area contributed by atoms with Crippen LogP contribution in [0.5, 0.6) is 0 Å². The molecule has 8 heteroatoms. The number of carbonyl (C=O) groups excluding carboxylic acids is 1. The number of esters is 1. The van der Waals surface area contributed by atoms with Crippen LogP contribution in [0.3, 0.4) is 0 Å². The maximum Gasteiger partial charge on any atom is 1.00 e. The van der Waals surface area contributed by atoms with Crippen LogP contribution in [0.25, 0.3) is 0 Å². The van der Waals surface area contributed by atoms with E-state index in [1.54, 1.807) is 0 Å². The van der Waals surface area contributed by atoms with E-state index in [-0.39, 0.29) is 35.5 Å². The minimum Gasteiger partial charge on any atom is -0.463 e. The standard InChI is InChI=1S/C10H17O2.Na.H3O4P/c1-3-5-6-7-8-9-12-10(11)4-2;;1-5(2,3)4/h4H,1-3,5-9H2;;(H3,1,2,3,4)/q-1;+1;. The number of hydrogen-bond donors (Lipinski definition) is 3. The Balaban J connectivity index is -0.000000321. The summed E-state index contributed by atoms with van der Waals surface area (Å²) in [6, 6.07) is 0. The predicted octanol–water partition coefficient (Wildman–Crippen LogP) is -1.42. The largest absolute Gasteiger partial charge is 1.00 e. The molecule has 0 saturated heterocycles. The molecular weight excluding hydrogens is 270 g/mol. The van der Waals surface area contributed by atoms with Gasteiger partial charge in [0.1, 0.15) is 0 Å². The molecule has 0 rings (SSSR count). The monoisotopic (exact) mass is 290 g/mol. The van der Waals surface area contributed by atoms with Crippen molar-refractivity contribution in [3.05, 3.63) is 19.6 Å². The van der Waals surface area contributed by atoms with Crippen molar-refractivity contribution in [3.8, 4) is 0 Å². The fourth-order valence-corrected chi connectivity index (χ4v) is 0.864. The summed E-state index contributed by atoms with van der Waals surface area (Å²) in [7, 11) is -4.64. The molecule has 0 heterocycles. The molecular formula is C10H20NaO6P. The van der Waals surface area contributed by atoms with Gasteiger partial charge in [-0.3, -0.25) is 0 Å². The molecule has 0 aliphatic rings. The first-order valence-corrected chi connectivity index (χ1v) is 6.74. The zero-order valence-electron chi connectivity index (χ0n) is 10.7. The zero-order chi connectivity index (χ0) is 13.7. The molecule has 6 nitrogen and oxygen atoms in total. The summed E-state index contributed by atoms with van der Waals surface area (Å²) in [4.78, 5) is 32.1. The summed E-state index contributed by atoms with van der Waals surface area (Å²) in [5.41, 5.74) is 0. The van der Waals surface area contributed by atoms with Crippen molar-refractivity contribution in [2.45, 2.75) is 32.1 Å². The Morgan fingerprint density at radius 1 is 1.22 bits per heavy atom. The van der Waals surface area contributed by atoms with E-state index in [9.17, 15) is 4.79 Å². The fraction of sp³-hybridized carbons (Fsp3) is 0.600. The van der Waals surface area contributed by atoms with Crippen LogP contribution < -0.4 is 29.6 Å². The molecule has 0 aliphatic heterocycles. The number of carbonyl (C=O) groups is 1. The first-order valence-electron chi connectivity index (χ1n) is 5.18. The summed E-state index contributed by atoms with van der Waals surface area (Å²) in [6.07, 6.45) is 6.58. The van der Waals surface area contributed by atoms with Gasteiger partial charge in [0.25, 0.3) is 0 Å². The average Bonchev–Trinajstić information content (AvgIpc) is 2.20. The zero-order valence-corrected chi connectivity index (χ0v) is 13.6. The Labute approximate surface area is 130 Å². The summed E-state index contributed by atoms with van der Waals surface area (Å²) in [5.74, 6) is -0.327. The summed E-state index contributed by atoms with van der Waals surface area (Å²) >= 11 is 0. The molecule has 3 N–H and O–H groups in total. The minimum absolute atomic E-state index is 0. The number of ether oxygens (including phenoxy) is 1. The van der Waals surface area contributed by atoms with Gasteiger partial charge >= 0.3 is 43.3 Å². The van der Waals surface area contributed by atoms with Crippen LogP contribution >= 0.6 is 7.82 Å². The molecule has 0 fully saturated rings. The van der Waals surface area contributed by atoms with Gasteiger partial charge < -0.3 is 26.3 Å². The predicted molar refractivity (Wildman–Crippen MR) is 63.9 cm³/mol. The second-order valence-electron chi connectivity index (χ2n) is 3.15. The van der Waals surface area contributed by atoms with Crippen molar-refractivity contribution in [1.29, 1.82) is 0 Å². The van der Waals surface area contributed by atoms with Gasteiger partial charge in [-0.15, -0.1) is 0 Å². The Kier molecular flexibility index (Phi) is 20.0. The van der Waals surface area contributed by atoms with Gasteiger partial charge in [0, 0.05) is 6.08 Å². The SMILES string of the molecule is C=CC(=O)OCCCCCC[CH2-].O=P(O)(O)O.[Na+]. The van der Waals surface area contributed by atoms with E-state index in [2.05, 4.69) is 13.5 Å². The first kappa shape index (κ1) is 23.4. The van der Waals surface area contributed by atoms with E-state index >= 15 is 0 Å². The van der Waals surface area contributed by atoms with Crippen LogP contribution in [0.15, 0.2) is 12.7 Å². The van der Waals surface area contributed by atoms with Gasteiger partial charge in [-0.25, -0.2) is 9.36 Å². The van der Waals surface area contributed by atoms with Crippen molar-refractivity contribution in [2.24, 2.45) is 0 Å². The summed E-state index contributed by atoms with van der Waals surface area (Å²) in [6.45, 7) is 7.57. The Bertz CT molecular complexity index is 244. The smallest absolute Gasteiger partial charge is 0.463 e. The first-order chi connectivity index (χ1) is 7.81. The quantitative estimate of drug-likeness (QED) is 0.133. The minimum atomic E-state index is -4.64. The molecule has 0 aromatic heterocycles. The van der Waals surface area contributed by atoms with Crippen molar-refractivity contribution in [1.82, 2.24) is 0 Å². The van der Waals surface area contributed by atoms with Crippen LogP contribution in [-0.2, 0) is 14.1 Å². The van der Waals surface area contributed by atoms with Gasteiger partial charge in [0.05, 0.1) is 6.61 Å². The van der Waals surface area contributed by atoms with Crippen molar-refractivity contribution >= 4 is 13.8 Å². The van der Waals surface area contributed by atoms with Crippen LogP contribution in [-0.4, -0.2) is 27.3 Å². The molecule has 0 bridgehead atoms. The molecule has 0 aliphatic carbocycles. The van der Waals surface area contributed by atoms with Crippen LogP contribution in [0.2, 0.25) is 0 Å². The maximum atomic E-state index is 10.6. The van der Waals surface area contributed by atoms with Crippen molar-refractivity contribution < 1.29 is 58.3 Å². The summed E-state index contributed by atoms with van der Waals surface area (Å²) in [5, 5.41) is 0. The normalized spacial score (nSPS) is 9.56. The fourth-order valence-electron chi connectivity index (χ4n) is 0.864. The van der Waals surface area contributed by atoms with E-state index in [4.69, 9.17) is 24.0 Å². The van der Waals surface area contributed by atoms with Crippen LogP contribution in [0.1, 0.15) is 32.1 Å². The second-order valence-corrected chi connectivity index (χ2v) is 4.18. The third kappa shape index (κ3) is 36.0. The van der Waals surface area contributed by atoms with Crippen molar-refractivity contribution in [3.63, 3.8) is 0 Å². The van der Waals surface area contributed by atoms with Gasteiger partial charge in [0.15, 0.2) is 0 Å². The number of hydrogen-bond acceptors (Lipinski definition) is 3. The number of unbranched alkanes of at least 4 members (excludes halogenated alkanes) is 4. The summed E-state index contributed by atoms with van der Waals surface area (Å²) < 4.78 is 13.7. The molecule has 0 atom stereocenters. The average molecular weight is 290 g/mol. The van der Waals surface area contributed by atoms with Gasteiger partial charge in [0.2, 0.25) is 0 Å². The van der Waals surface area contributed by atoms with Gasteiger partial charge in [-0.2, -0.15) is 6.42 Å². The van der Waals surface area contributed by atoms with E-state index in [1.807, 2.05) is 0 Å². The third-order valence-electron chi connectivity index (χ3n) is 1.56. The molecule has 0 aromatic carbocycles. The van der Waals surface area contributed by atoms with Crippen molar-refractivity contribution in [2.75, 3.05) is 6.61 Å². The Morgan fingerprint density at radius 3 is 2.06 bits per heavy atom. The van der Waals surface area contributed by atoms with E-state index in [1.165, 1.54) is 12.5 Å². The van der Waals surface area contributed by atoms with E-state index in [0.717, 1.165) is 25.7 Å². The van der Waals surface area contributed by atoms with E-state index < -0.39 is 7.82 Å². The molecule has 102 valence electrons. The third-order valence-corrected chi connectivity index (χ3v) is 1.56. The molecule has 0 radical (unpaired) electrons. The van der Waals surface area contributed by atoms with Crippen LogP contribution in [0, 0.1) is 6.92 Å². The van der Waals surface area contributed by atoms with Crippen LogP contribution in [0.4, 0.5) is 0 Å². The van der Waals surface area contributed by atoms with E-state index in [0.29, 0.717) is 6.61 Å². The maximum absolute atomic E-state index is 10.6. The molecule has 18 heavy (non-hydrogen) atoms. The Morgan fingerprint density at radius 2 is 1.67 bits per heavy atom. The second kappa shape index (κ2) is 15.4. The number of phosphoric acid groups is 1. The molecule has 0 aromatic rings. The molecule has 0 unspecified atom stereocenters. The molecule has 0 amide bonds. The number of rotatable bonds is 7. The Hall–Kier alpha value is 0.320. The van der Waals surface area contributed by atoms with Gasteiger partial charge in [-0.1, -0.05) is 25.8 Å². The van der Waals surface area contributed by atoms with Gasteiger partial charge in [-0.05, 0) is 6.42 Å². The molecule has 0 saturated carbocycles. The topological polar surface area (TPSA) is 104 Å². The molecule has 0 spiro atoms.